The standard InChI is InChI=1S/C12H19NO2.ClH/c1-3-5-11(14)12(13)9-6-4-7-10(8-9)15-2;/h4,6-8,11-12,14H,3,5,13H2,1-2H3;1H/t11-,12+;/m1./s1. The van der Waals surface area contributed by atoms with Crippen molar-refractivity contribution in [2.24, 2.45) is 5.73 Å². The molecule has 1 rings (SSSR count). The number of benzene rings is 1. The zero-order valence-electron chi connectivity index (χ0n) is 9.72. The van der Waals surface area contributed by atoms with Crippen LogP contribution < -0.4 is 10.5 Å². The van der Waals surface area contributed by atoms with Crippen LogP contribution in [0.25, 0.3) is 0 Å². The van der Waals surface area contributed by atoms with Crippen molar-refractivity contribution >= 4 is 12.4 Å². The van der Waals surface area contributed by atoms with Crippen LogP contribution in [-0.2, 0) is 0 Å². The lowest BCUT2D eigenvalue weighted by molar-refractivity contribution is 0.134. The predicted molar refractivity (Wildman–Crippen MR) is 68.1 cm³/mol. The number of aliphatic hydroxyl groups excluding tert-OH is 1. The molecule has 0 spiro atoms. The van der Waals surface area contributed by atoms with Crippen LogP contribution in [0.3, 0.4) is 0 Å². The van der Waals surface area contributed by atoms with Crippen LogP contribution in [0.15, 0.2) is 24.3 Å². The molecule has 4 heteroatoms. The number of hydrogen-bond donors (Lipinski definition) is 2. The highest BCUT2D eigenvalue weighted by molar-refractivity contribution is 5.85. The largest absolute Gasteiger partial charge is 0.497 e. The van der Waals surface area contributed by atoms with E-state index in [1.807, 2.05) is 31.2 Å². The Morgan fingerprint density at radius 3 is 2.69 bits per heavy atom. The number of rotatable bonds is 5. The van der Waals surface area contributed by atoms with E-state index >= 15 is 0 Å². The second-order valence-electron chi connectivity index (χ2n) is 3.66. The fourth-order valence-corrected chi connectivity index (χ4v) is 1.55. The van der Waals surface area contributed by atoms with Gasteiger partial charge in [-0.05, 0) is 24.1 Å². The Labute approximate surface area is 103 Å². The first-order chi connectivity index (χ1) is 7.19. The molecule has 0 heterocycles. The predicted octanol–water partition coefficient (Wildman–Crippen LogP) is 2.28. The van der Waals surface area contributed by atoms with E-state index in [1.54, 1.807) is 7.11 Å². The summed E-state index contributed by atoms with van der Waals surface area (Å²) in [5, 5.41) is 9.77. The van der Waals surface area contributed by atoms with E-state index in [1.165, 1.54) is 0 Å². The minimum absolute atomic E-state index is 0. The number of nitrogens with two attached hydrogens (primary N) is 1. The third kappa shape index (κ3) is 4.00. The highest BCUT2D eigenvalue weighted by Crippen LogP contribution is 2.21. The summed E-state index contributed by atoms with van der Waals surface area (Å²) >= 11 is 0. The Balaban J connectivity index is 0.00000225. The van der Waals surface area contributed by atoms with Gasteiger partial charge in [-0.3, -0.25) is 0 Å². The van der Waals surface area contributed by atoms with Crippen molar-refractivity contribution in [1.82, 2.24) is 0 Å². The monoisotopic (exact) mass is 245 g/mol. The first-order valence-corrected chi connectivity index (χ1v) is 5.26. The zero-order chi connectivity index (χ0) is 11.3. The SMILES string of the molecule is CCC[C@@H](O)[C@@H](N)c1cccc(OC)c1.Cl. The molecule has 0 fully saturated rings. The maximum atomic E-state index is 9.77. The van der Waals surface area contributed by atoms with E-state index in [-0.39, 0.29) is 18.4 Å². The van der Waals surface area contributed by atoms with Crippen LogP contribution in [-0.4, -0.2) is 18.3 Å². The molecule has 0 saturated heterocycles. The summed E-state index contributed by atoms with van der Waals surface area (Å²) in [6.07, 6.45) is 1.17. The van der Waals surface area contributed by atoms with Gasteiger partial charge in [-0.2, -0.15) is 0 Å². The molecule has 0 unspecified atom stereocenters. The van der Waals surface area contributed by atoms with Gasteiger partial charge < -0.3 is 15.6 Å². The topological polar surface area (TPSA) is 55.5 Å². The van der Waals surface area contributed by atoms with Crippen LogP contribution in [0.4, 0.5) is 0 Å². The van der Waals surface area contributed by atoms with Gasteiger partial charge >= 0.3 is 0 Å². The molecule has 92 valence electrons. The molecule has 16 heavy (non-hydrogen) atoms. The minimum atomic E-state index is -0.484. The van der Waals surface area contributed by atoms with Gasteiger partial charge in [0, 0.05) is 0 Å². The van der Waals surface area contributed by atoms with Crippen molar-refractivity contribution in [3.63, 3.8) is 0 Å². The Kier molecular flexibility index (Phi) is 7.13. The van der Waals surface area contributed by atoms with Crippen molar-refractivity contribution in [3.8, 4) is 5.75 Å². The molecule has 3 nitrogen and oxygen atoms in total. The second kappa shape index (κ2) is 7.49. The van der Waals surface area contributed by atoms with Crippen molar-refractivity contribution in [3.05, 3.63) is 29.8 Å². The van der Waals surface area contributed by atoms with E-state index in [0.29, 0.717) is 0 Å². The highest BCUT2D eigenvalue weighted by Gasteiger charge is 2.15. The molecule has 0 aliphatic carbocycles. The summed E-state index contributed by atoms with van der Waals surface area (Å²) in [6, 6.07) is 7.19. The molecule has 0 radical (unpaired) electrons. The molecule has 3 N–H and O–H groups in total. The summed E-state index contributed by atoms with van der Waals surface area (Å²) < 4.78 is 5.11. The minimum Gasteiger partial charge on any atom is -0.497 e. The number of methoxy groups -OCH3 is 1. The molecule has 1 aromatic carbocycles. The fraction of sp³-hybridized carbons (Fsp3) is 0.500. The highest BCUT2D eigenvalue weighted by atomic mass is 35.5. The summed E-state index contributed by atoms with van der Waals surface area (Å²) in [5.74, 6) is 0.770. The quantitative estimate of drug-likeness (QED) is 0.837. The Bertz CT molecular complexity index is 307. The molecule has 2 atom stereocenters. The maximum absolute atomic E-state index is 9.77. The van der Waals surface area contributed by atoms with Crippen LogP contribution in [0.2, 0.25) is 0 Å². The second-order valence-corrected chi connectivity index (χ2v) is 3.66. The molecule has 0 bridgehead atoms. The average Bonchev–Trinajstić information content (AvgIpc) is 2.28. The van der Waals surface area contributed by atoms with E-state index in [4.69, 9.17) is 10.5 Å². The normalized spacial score (nSPS) is 13.8. The smallest absolute Gasteiger partial charge is 0.119 e. The molecular formula is C12H20ClNO2. The number of halogens is 1. The number of ether oxygens (including phenoxy) is 1. The molecular weight excluding hydrogens is 226 g/mol. The number of hydrogen-bond acceptors (Lipinski definition) is 3. The maximum Gasteiger partial charge on any atom is 0.119 e. The molecule has 1 aromatic rings. The fourth-order valence-electron chi connectivity index (χ4n) is 1.55. The summed E-state index contributed by atoms with van der Waals surface area (Å²) in [5.41, 5.74) is 6.85. The van der Waals surface area contributed by atoms with E-state index in [2.05, 4.69) is 0 Å². The van der Waals surface area contributed by atoms with Crippen molar-refractivity contribution < 1.29 is 9.84 Å². The third-order valence-corrected chi connectivity index (χ3v) is 2.48. The first-order valence-electron chi connectivity index (χ1n) is 5.26. The average molecular weight is 246 g/mol. The van der Waals surface area contributed by atoms with Crippen LogP contribution in [0.5, 0.6) is 5.75 Å². The summed E-state index contributed by atoms with van der Waals surface area (Å²) in [7, 11) is 1.62. The van der Waals surface area contributed by atoms with Crippen LogP contribution in [0.1, 0.15) is 31.4 Å². The third-order valence-electron chi connectivity index (χ3n) is 2.48. The van der Waals surface area contributed by atoms with Gasteiger partial charge in [0.2, 0.25) is 0 Å². The van der Waals surface area contributed by atoms with Gasteiger partial charge in [0.25, 0.3) is 0 Å². The van der Waals surface area contributed by atoms with Gasteiger partial charge in [0.1, 0.15) is 5.75 Å². The lowest BCUT2D eigenvalue weighted by atomic mass is 9.99. The molecule has 0 aromatic heterocycles. The van der Waals surface area contributed by atoms with E-state index < -0.39 is 6.10 Å². The summed E-state index contributed by atoms with van der Waals surface area (Å²) in [4.78, 5) is 0. The molecule has 0 amide bonds. The van der Waals surface area contributed by atoms with Gasteiger partial charge in [-0.25, -0.2) is 0 Å². The van der Waals surface area contributed by atoms with Crippen molar-refractivity contribution in [2.45, 2.75) is 31.9 Å². The van der Waals surface area contributed by atoms with E-state index in [9.17, 15) is 5.11 Å². The first kappa shape index (κ1) is 15.2. The number of aliphatic hydroxyl groups is 1. The van der Waals surface area contributed by atoms with Gasteiger partial charge in [-0.15, -0.1) is 12.4 Å². The lowest BCUT2D eigenvalue weighted by Gasteiger charge is -2.19. The Morgan fingerprint density at radius 1 is 1.44 bits per heavy atom. The van der Waals surface area contributed by atoms with Gasteiger partial charge in [-0.1, -0.05) is 25.5 Å². The molecule has 0 saturated carbocycles. The Hall–Kier alpha value is -0.770. The van der Waals surface area contributed by atoms with Gasteiger partial charge in [0.05, 0.1) is 19.3 Å². The van der Waals surface area contributed by atoms with Crippen LogP contribution in [0, 0.1) is 0 Å². The Morgan fingerprint density at radius 2 is 2.12 bits per heavy atom. The van der Waals surface area contributed by atoms with Crippen molar-refractivity contribution in [1.29, 1.82) is 0 Å². The molecule has 0 aliphatic heterocycles. The summed E-state index contributed by atoms with van der Waals surface area (Å²) in [6.45, 7) is 2.03. The van der Waals surface area contributed by atoms with Gasteiger partial charge in [0.15, 0.2) is 0 Å². The zero-order valence-corrected chi connectivity index (χ0v) is 10.5. The van der Waals surface area contributed by atoms with Crippen molar-refractivity contribution in [2.75, 3.05) is 7.11 Å². The lowest BCUT2D eigenvalue weighted by Crippen LogP contribution is -2.25. The van der Waals surface area contributed by atoms with Crippen LogP contribution >= 0.6 is 12.4 Å². The molecule has 0 aliphatic rings. The van der Waals surface area contributed by atoms with E-state index in [0.717, 1.165) is 24.2 Å².